The van der Waals surface area contributed by atoms with Gasteiger partial charge < -0.3 is 18.5 Å². The van der Waals surface area contributed by atoms with Crippen molar-refractivity contribution in [2.75, 3.05) is 40.1 Å². The maximum absolute atomic E-state index is 12.4. The van der Waals surface area contributed by atoms with Gasteiger partial charge in [0.05, 0.1) is 38.9 Å². The maximum atomic E-state index is 12.4. The fourth-order valence-electron chi connectivity index (χ4n) is 3.81. The molecule has 3 heterocycles. The second-order valence-electron chi connectivity index (χ2n) is 7.04. The van der Waals surface area contributed by atoms with E-state index in [0.717, 1.165) is 0 Å². The van der Waals surface area contributed by atoms with Gasteiger partial charge in [-0.1, -0.05) is 6.92 Å². The first-order valence-corrected chi connectivity index (χ1v) is 11.4. The molecule has 3 rings (SSSR count). The molecule has 11 nitrogen and oxygen atoms in total. The molecule has 2 saturated heterocycles. The van der Waals surface area contributed by atoms with E-state index in [9.17, 15) is 9.59 Å². The summed E-state index contributed by atoms with van der Waals surface area (Å²) in [6.07, 6.45) is 1.18. The van der Waals surface area contributed by atoms with E-state index in [1.807, 2.05) is 19.7 Å². The van der Waals surface area contributed by atoms with Crippen LogP contribution in [-0.2, 0) is 23.4 Å². The molecule has 2 aliphatic rings. The Bertz CT molecular complexity index is 871. The highest BCUT2D eigenvalue weighted by atomic mass is 31.2. The van der Waals surface area contributed by atoms with Gasteiger partial charge in [-0.05, 0) is 6.42 Å². The van der Waals surface area contributed by atoms with E-state index in [-0.39, 0.29) is 13.0 Å². The lowest BCUT2D eigenvalue weighted by Crippen LogP contribution is -2.48. The Kier molecular flexibility index (Phi) is 7.76. The van der Waals surface area contributed by atoms with Crippen LogP contribution >= 0.6 is 8.38 Å². The van der Waals surface area contributed by atoms with Crippen LogP contribution in [0.3, 0.4) is 0 Å². The van der Waals surface area contributed by atoms with E-state index >= 15 is 0 Å². The van der Waals surface area contributed by atoms with Crippen molar-refractivity contribution in [1.82, 2.24) is 14.6 Å². The molecular formula is C18H27N4O7P. The molecule has 12 heteroatoms. The highest BCUT2D eigenvalue weighted by molar-refractivity contribution is 7.46. The van der Waals surface area contributed by atoms with E-state index in [0.29, 0.717) is 26.2 Å². The van der Waals surface area contributed by atoms with Gasteiger partial charge >= 0.3 is 5.69 Å². The predicted octanol–water partition coefficient (Wildman–Crippen LogP) is 0.734. The molecule has 2 aliphatic heterocycles. The number of nitriles is 1. The summed E-state index contributed by atoms with van der Waals surface area (Å²) in [4.78, 5) is 32.1. The average molecular weight is 442 g/mol. The molecule has 1 unspecified atom stereocenters. The van der Waals surface area contributed by atoms with Gasteiger partial charge in [-0.15, -0.1) is 0 Å². The Morgan fingerprint density at radius 2 is 2.20 bits per heavy atom. The summed E-state index contributed by atoms with van der Waals surface area (Å²) in [6.45, 7) is 5.30. The van der Waals surface area contributed by atoms with Crippen LogP contribution in [0.2, 0.25) is 0 Å². The zero-order chi connectivity index (χ0) is 21.7. The first-order chi connectivity index (χ1) is 14.5. The Labute approximate surface area is 175 Å². The fourth-order valence-corrected chi connectivity index (χ4v) is 4.86. The van der Waals surface area contributed by atoms with Crippen LogP contribution in [0.25, 0.3) is 0 Å². The third kappa shape index (κ3) is 4.65. The number of hydroxylamine groups is 2. The number of ether oxygens (including phenoxy) is 2. The second kappa shape index (κ2) is 10.1. The quantitative estimate of drug-likeness (QED) is 0.390. The largest absolute Gasteiger partial charge is 0.382 e. The summed E-state index contributed by atoms with van der Waals surface area (Å²) in [7, 11) is 0.318. The number of aromatic nitrogens is 2. The minimum atomic E-state index is -1.27. The number of methoxy groups -OCH3 is 1. The van der Waals surface area contributed by atoms with Gasteiger partial charge in [0, 0.05) is 26.0 Å². The summed E-state index contributed by atoms with van der Waals surface area (Å²) in [6, 6.07) is 2.88. The SMILES string of the molecule is CC[C@@]12CN(OCCOC)[C@@H]([C@H](n3ccc(=O)[nH]c3=O)O1)[C@@H]2OP(C)OCCC#N. The number of rotatable bonds is 11. The third-order valence-electron chi connectivity index (χ3n) is 5.25. The number of hydrogen-bond acceptors (Lipinski definition) is 9. The molecule has 1 N–H and O–H groups in total. The summed E-state index contributed by atoms with van der Waals surface area (Å²) in [5.74, 6) is 0. The topological polar surface area (TPSA) is 128 Å². The molecule has 0 saturated carbocycles. The van der Waals surface area contributed by atoms with Gasteiger partial charge in [0.1, 0.15) is 17.7 Å². The molecule has 30 heavy (non-hydrogen) atoms. The first kappa shape index (κ1) is 23.0. The molecule has 2 fully saturated rings. The Morgan fingerprint density at radius 1 is 1.40 bits per heavy atom. The molecule has 1 aromatic heterocycles. The van der Waals surface area contributed by atoms with Crippen LogP contribution in [-0.4, -0.2) is 72.5 Å². The van der Waals surface area contributed by atoms with E-state index in [1.165, 1.54) is 16.8 Å². The third-order valence-corrected chi connectivity index (χ3v) is 6.32. The van der Waals surface area contributed by atoms with Gasteiger partial charge in [0.15, 0.2) is 14.6 Å². The molecule has 166 valence electrons. The lowest BCUT2D eigenvalue weighted by atomic mass is 9.96. The lowest BCUT2D eigenvalue weighted by molar-refractivity contribution is -0.252. The van der Waals surface area contributed by atoms with Crippen LogP contribution in [0.5, 0.6) is 0 Å². The minimum Gasteiger partial charge on any atom is -0.382 e. The number of aromatic amines is 1. The van der Waals surface area contributed by atoms with Gasteiger partial charge in [-0.2, -0.15) is 10.3 Å². The molecule has 1 aromatic rings. The molecular weight excluding hydrogens is 415 g/mol. The highest BCUT2D eigenvalue weighted by Crippen LogP contribution is 2.53. The van der Waals surface area contributed by atoms with Crippen molar-refractivity contribution in [3.8, 4) is 6.07 Å². The lowest BCUT2D eigenvalue weighted by Gasteiger charge is -2.36. The first-order valence-electron chi connectivity index (χ1n) is 9.74. The van der Waals surface area contributed by atoms with Gasteiger partial charge in [-0.25, -0.2) is 4.79 Å². The molecule has 0 aliphatic carbocycles. The van der Waals surface area contributed by atoms with Crippen molar-refractivity contribution in [2.24, 2.45) is 0 Å². The van der Waals surface area contributed by atoms with Crippen molar-refractivity contribution < 1.29 is 23.4 Å². The van der Waals surface area contributed by atoms with E-state index in [1.54, 1.807) is 12.2 Å². The zero-order valence-electron chi connectivity index (χ0n) is 17.3. The smallest absolute Gasteiger partial charge is 0.330 e. The van der Waals surface area contributed by atoms with Crippen molar-refractivity contribution in [3.63, 3.8) is 0 Å². The zero-order valence-corrected chi connectivity index (χ0v) is 18.2. The molecule has 2 bridgehead atoms. The summed E-state index contributed by atoms with van der Waals surface area (Å²) in [5.41, 5.74) is -1.76. The number of nitrogens with zero attached hydrogens (tertiary/aromatic N) is 3. The van der Waals surface area contributed by atoms with Gasteiger partial charge in [0.2, 0.25) is 0 Å². The normalized spacial score (nSPS) is 29.2. The molecule has 0 radical (unpaired) electrons. The van der Waals surface area contributed by atoms with Crippen LogP contribution < -0.4 is 11.2 Å². The van der Waals surface area contributed by atoms with E-state index < -0.39 is 43.6 Å². The minimum absolute atomic E-state index is 0.279. The van der Waals surface area contributed by atoms with Gasteiger partial charge in [0.25, 0.3) is 5.56 Å². The number of morpholine rings is 1. The summed E-state index contributed by atoms with van der Waals surface area (Å²) >= 11 is 0. The number of H-pyrrole nitrogens is 1. The molecule has 0 amide bonds. The van der Waals surface area contributed by atoms with Crippen molar-refractivity contribution in [2.45, 2.75) is 43.7 Å². The molecule has 5 atom stereocenters. The van der Waals surface area contributed by atoms with E-state index in [2.05, 4.69) is 4.98 Å². The monoisotopic (exact) mass is 442 g/mol. The predicted molar refractivity (Wildman–Crippen MR) is 107 cm³/mol. The Hall–Kier alpha value is -1.64. The standard InChI is InChI=1S/C18H27N4O7P/c1-4-18-12-22(26-11-10-25-2)14(15(18)29-30(3)27-9-5-7-19)16(28-18)21-8-6-13(23)20-17(21)24/h6,8,14-16H,4-5,9-12H2,1-3H3,(H,20,23,24)/t14-,15+,16-,18+,30?/m1/s1. The van der Waals surface area contributed by atoms with Crippen molar-refractivity contribution in [1.29, 1.82) is 5.26 Å². The van der Waals surface area contributed by atoms with Crippen molar-refractivity contribution in [3.05, 3.63) is 33.1 Å². The average Bonchev–Trinajstić information content (AvgIpc) is 3.17. The van der Waals surface area contributed by atoms with E-state index in [4.69, 9.17) is 28.6 Å². The van der Waals surface area contributed by atoms with Gasteiger partial charge in [-0.3, -0.25) is 19.2 Å². The number of fused-ring (bicyclic) bond motifs is 2. The summed E-state index contributed by atoms with van der Waals surface area (Å²) in [5, 5.41) is 10.5. The Morgan fingerprint density at radius 3 is 2.87 bits per heavy atom. The fraction of sp³-hybridized carbons (Fsp3) is 0.722. The second-order valence-corrected chi connectivity index (χ2v) is 8.39. The highest BCUT2D eigenvalue weighted by Gasteiger charge is 2.65. The van der Waals surface area contributed by atoms with Crippen LogP contribution in [0.15, 0.2) is 21.9 Å². The molecule has 0 aromatic carbocycles. The van der Waals surface area contributed by atoms with Crippen LogP contribution in [0, 0.1) is 11.3 Å². The number of hydrogen-bond donors (Lipinski definition) is 1. The Balaban J connectivity index is 1.87. The van der Waals surface area contributed by atoms with Crippen LogP contribution in [0.4, 0.5) is 0 Å². The van der Waals surface area contributed by atoms with Crippen LogP contribution in [0.1, 0.15) is 26.0 Å². The van der Waals surface area contributed by atoms with Crippen molar-refractivity contribution >= 4 is 8.38 Å². The maximum Gasteiger partial charge on any atom is 0.330 e. The summed E-state index contributed by atoms with van der Waals surface area (Å²) < 4.78 is 24.7. The molecule has 0 spiro atoms. The number of nitrogens with one attached hydrogen (secondary N) is 1.